The third-order valence-electron chi connectivity index (χ3n) is 4.59. The van der Waals surface area contributed by atoms with Gasteiger partial charge in [-0.25, -0.2) is 4.39 Å². The molecule has 0 aliphatic rings. The number of carbonyl (C=O) groups is 1. The average molecular weight is 445 g/mol. The number of aromatic nitrogens is 2. The molecule has 8 heteroatoms. The molecule has 0 saturated carbocycles. The van der Waals surface area contributed by atoms with Crippen LogP contribution in [-0.4, -0.2) is 22.3 Å². The molecule has 1 heterocycles. The van der Waals surface area contributed by atoms with E-state index < -0.39 is 17.3 Å². The lowest BCUT2D eigenvalue weighted by atomic mass is 10.2. The molecule has 4 aromatic rings. The summed E-state index contributed by atoms with van der Waals surface area (Å²) in [7, 11) is 0. The number of halogens is 1. The normalized spacial score (nSPS) is 10.5. The minimum absolute atomic E-state index is 0.0358. The monoisotopic (exact) mass is 445 g/mol. The molecular formula is C25H20FN3O4. The van der Waals surface area contributed by atoms with Gasteiger partial charge in [-0.15, -0.1) is 0 Å². The van der Waals surface area contributed by atoms with Gasteiger partial charge >= 0.3 is 0 Å². The Balaban J connectivity index is 1.44. The number of benzene rings is 3. The molecule has 0 unspecified atom stereocenters. The SMILES string of the molecule is CCOc1ccc(Oc2ccc(NC(=O)c3ccc(=O)n(-c4ccc(F)cc4)n3)cc2)cc1. The molecule has 0 fully saturated rings. The third-order valence-corrected chi connectivity index (χ3v) is 4.59. The third kappa shape index (κ3) is 5.43. The minimum Gasteiger partial charge on any atom is -0.494 e. The van der Waals surface area contributed by atoms with E-state index >= 15 is 0 Å². The highest BCUT2D eigenvalue weighted by Gasteiger charge is 2.11. The number of hydrogen-bond acceptors (Lipinski definition) is 5. The fraction of sp³-hybridized carbons (Fsp3) is 0.0800. The van der Waals surface area contributed by atoms with Gasteiger partial charge in [0, 0.05) is 11.8 Å². The van der Waals surface area contributed by atoms with Gasteiger partial charge in [-0.1, -0.05) is 0 Å². The van der Waals surface area contributed by atoms with Gasteiger partial charge in [-0.3, -0.25) is 9.59 Å². The Labute approximate surface area is 189 Å². The molecule has 0 saturated heterocycles. The second-order valence-corrected chi connectivity index (χ2v) is 6.93. The second-order valence-electron chi connectivity index (χ2n) is 6.93. The van der Waals surface area contributed by atoms with Crippen molar-refractivity contribution in [3.63, 3.8) is 0 Å². The molecule has 3 aromatic carbocycles. The summed E-state index contributed by atoms with van der Waals surface area (Å²) in [4.78, 5) is 24.8. The number of hydrogen-bond donors (Lipinski definition) is 1. The van der Waals surface area contributed by atoms with Crippen LogP contribution < -0.4 is 20.3 Å². The van der Waals surface area contributed by atoms with Crippen LogP contribution in [0.5, 0.6) is 17.2 Å². The number of carbonyl (C=O) groups excluding carboxylic acids is 1. The molecule has 166 valence electrons. The lowest BCUT2D eigenvalue weighted by Gasteiger charge is -2.10. The fourth-order valence-corrected chi connectivity index (χ4v) is 3.01. The molecule has 0 aliphatic heterocycles. The van der Waals surface area contributed by atoms with E-state index in [1.807, 2.05) is 31.2 Å². The molecule has 0 atom stereocenters. The number of nitrogens with one attached hydrogen (secondary N) is 1. The molecule has 0 spiro atoms. The van der Waals surface area contributed by atoms with E-state index in [1.54, 1.807) is 24.3 Å². The maximum Gasteiger partial charge on any atom is 0.276 e. The van der Waals surface area contributed by atoms with Gasteiger partial charge in [0.2, 0.25) is 0 Å². The summed E-state index contributed by atoms with van der Waals surface area (Å²) in [6.07, 6.45) is 0. The summed E-state index contributed by atoms with van der Waals surface area (Å²) in [6.45, 7) is 2.51. The average Bonchev–Trinajstić information content (AvgIpc) is 2.83. The van der Waals surface area contributed by atoms with Gasteiger partial charge < -0.3 is 14.8 Å². The number of ether oxygens (including phenoxy) is 2. The van der Waals surface area contributed by atoms with Crippen molar-refractivity contribution in [2.75, 3.05) is 11.9 Å². The molecular weight excluding hydrogens is 425 g/mol. The molecule has 0 radical (unpaired) electrons. The summed E-state index contributed by atoms with van der Waals surface area (Å²) in [5.74, 6) is 1.09. The van der Waals surface area contributed by atoms with Crippen LogP contribution >= 0.6 is 0 Å². The highest BCUT2D eigenvalue weighted by atomic mass is 19.1. The van der Waals surface area contributed by atoms with Crippen molar-refractivity contribution in [3.8, 4) is 22.9 Å². The van der Waals surface area contributed by atoms with E-state index in [0.29, 0.717) is 29.5 Å². The number of amides is 1. The van der Waals surface area contributed by atoms with Crippen LogP contribution in [0.2, 0.25) is 0 Å². The predicted octanol–water partition coefficient (Wildman–Crippen LogP) is 4.81. The molecule has 0 aliphatic carbocycles. The van der Waals surface area contributed by atoms with Gasteiger partial charge in [0.25, 0.3) is 11.5 Å². The molecule has 0 bridgehead atoms. The van der Waals surface area contributed by atoms with Crippen molar-refractivity contribution < 1.29 is 18.7 Å². The van der Waals surface area contributed by atoms with Crippen molar-refractivity contribution in [2.45, 2.75) is 6.92 Å². The van der Waals surface area contributed by atoms with Crippen LogP contribution in [0.1, 0.15) is 17.4 Å². The minimum atomic E-state index is -0.494. The van der Waals surface area contributed by atoms with E-state index in [2.05, 4.69) is 10.4 Å². The van der Waals surface area contributed by atoms with Gasteiger partial charge in [0.05, 0.1) is 12.3 Å². The number of anilines is 1. The van der Waals surface area contributed by atoms with Crippen molar-refractivity contribution >= 4 is 11.6 Å². The first kappa shape index (κ1) is 21.8. The lowest BCUT2D eigenvalue weighted by Crippen LogP contribution is -2.24. The first-order valence-corrected chi connectivity index (χ1v) is 10.2. The van der Waals surface area contributed by atoms with Crippen molar-refractivity contribution in [2.24, 2.45) is 0 Å². The van der Waals surface area contributed by atoms with Gasteiger partial charge in [0.1, 0.15) is 28.8 Å². The molecule has 1 amide bonds. The summed E-state index contributed by atoms with van der Waals surface area (Å²) in [5, 5.41) is 6.83. The maximum atomic E-state index is 13.2. The van der Waals surface area contributed by atoms with Gasteiger partial charge in [0.15, 0.2) is 0 Å². The van der Waals surface area contributed by atoms with Gasteiger partial charge in [-0.2, -0.15) is 9.78 Å². The predicted molar refractivity (Wildman–Crippen MR) is 122 cm³/mol. The fourth-order valence-electron chi connectivity index (χ4n) is 3.01. The van der Waals surface area contributed by atoms with E-state index in [4.69, 9.17) is 9.47 Å². The zero-order valence-electron chi connectivity index (χ0n) is 17.7. The Morgan fingerprint density at radius 3 is 2.12 bits per heavy atom. The van der Waals surface area contributed by atoms with Crippen LogP contribution in [0, 0.1) is 5.82 Å². The Bertz CT molecular complexity index is 1300. The van der Waals surface area contributed by atoms with Crippen molar-refractivity contribution in [1.29, 1.82) is 0 Å². The van der Waals surface area contributed by atoms with Crippen LogP contribution in [0.15, 0.2) is 89.7 Å². The smallest absolute Gasteiger partial charge is 0.276 e. The topological polar surface area (TPSA) is 82.5 Å². The Morgan fingerprint density at radius 1 is 0.879 bits per heavy atom. The second kappa shape index (κ2) is 9.78. The molecule has 1 aromatic heterocycles. The Hall–Kier alpha value is -4.46. The van der Waals surface area contributed by atoms with E-state index in [9.17, 15) is 14.0 Å². The first-order valence-electron chi connectivity index (χ1n) is 10.2. The number of nitrogens with zero attached hydrogens (tertiary/aromatic N) is 2. The highest BCUT2D eigenvalue weighted by Crippen LogP contribution is 2.25. The lowest BCUT2D eigenvalue weighted by molar-refractivity contribution is 0.102. The Kier molecular flexibility index (Phi) is 6.45. The quantitative estimate of drug-likeness (QED) is 0.441. The summed E-state index contributed by atoms with van der Waals surface area (Å²) in [5.41, 5.74) is 0.481. The van der Waals surface area contributed by atoms with Gasteiger partial charge in [-0.05, 0) is 85.8 Å². The molecule has 33 heavy (non-hydrogen) atoms. The molecule has 1 N–H and O–H groups in total. The van der Waals surface area contributed by atoms with Crippen molar-refractivity contribution in [3.05, 3.63) is 107 Å². The van der Waals surface area contributed by atoms with E-state index in [1.165, 1.54) is 36.4 Å². The van der Waals surface area contributed by atoms with Crippen molar-refractivity contribution in [1.82, 2.24) is 9.78 Å². The van der Waals surface area contributed by atoms with Crippen LogP contribution in [0.3, 0.4) is 0 Å². The van der Waals surface area contributed by atoms with E-state index in [-0.39, 0.29) is 5.69 Å². The van der Waals surface area contributed by atoms with Crippen LogP contribution in [-0.2, 0) is 0 Å². The number of rotatable bonds is 7. The zero-order valence-corrected chi connectivity index (χ0v) is 17.7. The van der Waals surface area contributed by atoms with E-state index in [0.717, 1.165) is 10.4 Å². The largest absolute Gasteiger partial charge is 0.494 e. The summed E-state index contributed by atoms with van der Waals surface area (Å²) < 4.78 is 25.4. The highest BCUT2D eigenvalue weighted by molar-refractivity contribution is 6.02. The standard InChI is InChI=1S/C25H20FN3O4/c1-2-32-20-11-13-22(14-12-20)33-21-9-5-18(6-10-21)27-25(31)23-15-16-24(30)29(28-23)19-7-3-17(26)4-8-19/h3-16H,2H2,1H3,(H,27,31). The van der Waals surface area contributed by atoms with Crippen LogP contribution in [0.4, 0.5) is 10.1 Å². The first-order chi connectivity index (χ1) is 16.0. The maximum absolute atomic E-state index is 13.2. The summed E-state index contributed by atoms with van der Waals surface area (Å²) >= 11 is 0. The molecule has 4 rings (SSSR count). The molecule has 7 nitrogen and oxygen atoms in total. The summed E-state index contributed by atoms with van der Waals surface area (Å²) in [6, 6.07) is 21.9. The van der Waals surface area contributed by atoms with Crippen LogP contribution in [0.25, 0.3) is 5.69 Å². The Morgan fingerprint density at radius 2 is 1.48 bits per heavy atom. The zero-order chi connectivity index (χ0) is 23.2.